The van der Waals surface area contributed by atoms with E-state index >= 15 is 0 Å². The summed E-state index contributed by atoms with van der Waals surface area (Å²) < 4.78 is 17.8. The monoisotopic (exact) mass is 262 g/mol. The van der Waals surface area contributed by atoms with E-state index in [-0.39, 0.29) is 11.7 Å². The molecule has 1 aromatic carbocycles. The van der Waals surface area contributed by atoms with E-state index in [0.717, 1.165) is 11.3 Å². The van der Waals surface area contributed by atoms with Crippen molar-refractivity contribution in [3.63, 3.8) is 0 Å². The molecule has 1 amide bonds. The Balaban J connectivity index is 1.67. The molecule has 2 rings (SSSR count). The first-order valence-corrected chi connectivity index (χ1v) is 6.12. The van der Waals surface area contributed by atoms with Gasteiger partial charge in [-0.2, -0.15) is 0 Å². The summed E-state index contributed by atoms with van der Waals surface area (Å²) in [5, 5.41) is 2.79. The summed E-state index contributed by atoms with van der Waals surface area (Å²) in [6.07, 6.45) is 4.44. The summed E-state index contributed by atoms with van der Waals surface area (Å²) in [6.45, 7) is 0.522. The lowest BCUT2D eigenvalue weighted by molar-refractivity contribution is -0.121. The number of carbonyl (C=O) groups is 1. The molecule has 0 atom stereocenters. The minimum absolute atomic E-state index is 0.0484. The second-order valence-corrected chi connectivity index (χ2v) is 4.21. The molecule has 2 aromatic rings. The zero-order valence-electron chi connectivity index (χ0n) is 10.4. The van der Waals surface area contributed by atoms with Crippen molar-refractivity contribution in [1.29, 1.82) is 0 Å². The quantitative estimate of drug-likeness (QED) is 0.867. The lowest BCUT2D eigenvalue weighted by Crippen LogP contribution is -2.25. The second-order valence-electron chi connectivity index (χ2n) is 4.21. The Morgan fingerprint density at radius 2 is 2.26 bits per heavy atom. The van der Waals surface area contributed by atoms with Crippen molar-refractivity contribution in [3.05, 3.63) is 54.0 Å². The Kier molecular flexibility index (Phi) is 4.66. The standard InChI is InChI=1S/C14H15FN2O2/c15-12-3-1-2-11(8-12)4-5-14(18)16-7-6-13-9-19-10-17-13/h1-3,8-10H,4-7H2,(H,16,18). The highest BCUT2D eigenvalue weighted by Gasteiger charge is 2.03. The zero-order valence-corrected chi connectivity index (χ0v) is 10.4. The van der Waals surface area contributed by atoms with Crippen molar-refractivity contribution in [2.24, 2.45) is 0 Å². The van der Waals surface area contributed by atoms with Crippen LogP contribution < -0.4 is 5.32 Å². The number of carbonyl (C=O) groups excluding carboxylic acids is 1. The Labute approximate surface area is 110 Å². The molecule has 0 saturated heterocycles. The van der Waals surface area contributed by atoms with E-state index in [1.54, 1.807) is 12.3 Å². The predicted octanol–water partition coefficient (Wildman–Crippen LogP) is 2.11. The molecule has 4 nitrogen and oxygen atoms in total. The SMILES string of the molecule is O=C(CCc1cccc(F)c1)NCCc1cocn1. The molecule has 0 aliphatic rings. The molecule has 0 aliphatic carbocycles. The Hall–Kier alpha value is -2.17. The van der Waals surface area contributed by atoms with Crippen LogP contribution in [0, 0.1) is 5.82 Å². The van der Waals surface area contributed by atoms with Crippen LogP contribution in [0.5, 0.6) is 0 Å². The fourth-order valence-electron chi connectivity index (χ4n) is 1.73. The highest BCUT2D eigenvalue weighted by atomic mass is 19.1. The number of hydrogen-bond donors (Lipinski definition) is 1. The fraction of sp³-hybridized carbons (Fsp3) is 0.286. The topological polar surface area (TPSA) is 55.1 Å². The number of hydrogen-bond acceptors (Lipinski definition) is 3. The van der Waals surface area contributed by atoms with Crippen LogP contribution >= 0.6 is 0 Å². The maximum absolute atomic E-state index is 12.9. The van der Waals surface area contributed by atoms with Gasteiger partial charge in [-0.1, -0.05) is 12.1 Å². The molecule has 0 aliphatic heterocycles. The molecule has 1 N–H and O–H groups in total. The normalized spacial score (nSPS) is 10.4. The van der Waals surface area contributed by atoms with Crippen LogP contribution in [-0.4, -0.2) is 17.4 Å². The van der Waals surface area contributed by atoms with Crippen LogP contribution in [-0.2, 0) is 17.6 Å². The molecule has 5 heteroatoms. The van der Waals surface area contributed by atoms with Gasteiger partial charge in [-0.05, 0) is 24.1 Å². The van der Waals surface area contributed by atoms with Crippen molar-refractivity contribution < 1.29 is 13.6 Å². The van der Waals surface area contributed by atoms with E-state index in [9.17, 15) is 9.18 Å². The van der Waals surface area contributed by atoms with Gasteiger partial charge >= 0.3 is 0 Å². The van der Waals surface area contributed by atoms with Gasteiger partial charge in [0.25, 0.3) is 0 Å². The van der Waals surface area contributed by atoms with E-state index in [1.165, 1.54) is 18.5 Å². The molecular formula is C14H15FN2O2. The second kappa shape index (κ2) is 6.68. The van der Waals surface area contributed by atoms with Crippen LogP contribution in [0.25, 0.3) is 0 Å². The summed E-state index contributed by atoms with van der Waals surface area (Å²) in [7, 11) is 0. The van der Waals surface area contributed by atoms with Crippen molar-refractivity contribution in [1.82, 2.24) is 10.3 Å². The van der Waals surface area contributed by atoms with Crippen LogP contribution in [0.15, 0.2) is 41.3 Å². The van der Waals surface area contributed by atoms with Gasteiger partial charge < -0.3 is 9.73 Å². The van der Waals surface area contributed by atoms with E-state index in [1.807, 2.05) is 6.07 Å². The van der Waals surface area contributed by atoms with Gasteiger partial charge in [0, 0.05) is 19.4 Å². The van der Waals surface area contributed by atoms with Crippen molar-refractivity contribution in [2.45, 2.75) is 19.3 Å². The van der Waals surface area contributed by atoms with Crippen LogP contribution in [0.4, 0.5) is 4.39 Å². The number of rotatable bonds is 6. The van der Waals surface area contributed by atoms with Gasteiger partial charge in [0.2, 0.25) is 5.91 Å². The molecule has 19 heavy (non-hydrogen) atoms. The third-order valence-electron chi connectivity index (χ3n) is 2.72. The van der Waals surface area contributed by atoms with E-state index in [4.69, 9.17) is 4.42 Å². The van der Waals surface area contributed by atoms with Gasteiger partial charge in [0.1, 0.15) is 12.1 Å². The van der Waals surface area contributed by atoms with Crippen LogP contribution in [0.3, 0.4) is 0 Å². The summed E-state index contributed by atoms with van der Waals surface area (Å²) >= 11 is 0. The Morgan fingerprint density at radius 1 is 1.37 bits per heavy atom. The molecule has 0 radical (unpaired) electrons. The highest BCUT2D eigenvalue weighted by Crippen LogP contribution is 2.06. The molecule has 0 spiro atoms. The predicted molar refractivity (Wildman–Crippen MR) is 67.9 cm³/mol. The fourth-order valence-corrected chi connectivity index (χ4v) is 1.73. The number of oxazole rings is 1. The van der Waals surface area contributed by atoms with Crippen LogP contribution in [0.1, 0.15) is 17.7 Å². The molecule has 100 valence electrons. The van der Waals surface area contributed by atoms with Gasteiger partial charge in [-0.25, -0.2) is 9.37 Å². The highest BCUT2D eigenvalue weighted by molar-refractivity contribution is 5.76. The smallest absolute Gasteiger partial charge is 0.220 e. The average molecular weight is 262 g/mol. The molecule has 0 fully saturated rings. The average Bonchev–Trinajstić information content (AvgIpc) is 2.90. The van der Waals surface area contributed by atoms with Crippen molar-refractivity contribution in [2.75, 3.05) is 6.54 Å². The Morgan fingerprint density at radius 3 is 3.00 bits per heavy atom. The first kappa shape index (κ1) is 13.3. The largest absolute Gasteiger partial charge is 0.451 e. The first-order chi connectivity index (χ1) is 9.24. The van der Waals surface area contributed by atoms with Crippen molar-refractivity contribution >= 4 is 5.91 Å². The molecule has 1 aromatic heterocycles. The minimum atomic E-state index is -0.274. The van der Waals surface area contributed by atoms with Gasteiger partial charge in [-0.3, -0.25) is 4.79 Å². The van der Waals surface area contributed by atoms with Gasteiger partial charge in [0.15, 0.2) is 6.39 Å². The number of amides is 1. The lowest BCUT2D eigenvalue weighted by Gasteiger charge is -2.04. The number of benzene rings is 1. The molecular weight excluding hydrogens is 247 g/mol. The molecule has 0 unspecified atom stereocenters. The number of aryl methyl sites for hydroxylation is 1. The number of halogens is 1. The molecule has 1 heterocycles. The van der Waals surface area contributed by atoms with E-state index in [2.05, 4.69) is 10.3 Å². The maximum atomic E-state index is 12.9. The summed E-state index contributed by atoms with van der Waals surface area (Å²) in [5.74, 6) is -0.323. The first-order valence-electron chi connectivity index (χ1n) is 6.12. The summed E-state index contributed by atoms with van der Waals surface area (Å²) in [5.41, 5.74) is 1.64. The van der Waals surface area contributed by atoms with E-state index < -0.39 is 0 Å². The van der Waals surface area contributed by atoms with Crippen LogP contribution in [0.2, 0.25) is 0 Å². The number of aromatic nitrogens is 1. The third kappa shape index (κ3) is 4.54. The van der Waals surface area contributed by atoms with Gasteiger partial charge in [-0.15, -0.1) is 0 Å². The lowest BCUT2D eigenvalue weighted by atomic mass is 10.1. The zero-order chi connectivity index (χ0) is 13.5. The summed E-state index contributed by atoms with van der Waals surface area (Å²) in [4.78, 5) is 15.5. The molecule has 0 saturated carbocycles. The number of nitrogens with one attached hydrogen (secondary N) is 1. The third-order valence-corrected chi connectivity index (χ3v) is 2.72. The minimum Gasteiger partial charge on any atom is -0.451 e. The van der Waals surface area contributed by atoms with E-state index in [0.29, 0.717) is 25.8 Å². The number of nitrogens with zero attached hydrogens (tertiary/aromatic N) is 1. The summed E-state index contributed by atoms with van der Waals surface area (Å²) in [6, 6.07) is 6.29. The molecule has 0 bridgehead atoms. The van der Waals surface area contributed by atoms with Crippen molar-refractivity contribution in [3.8, 4) is 0 Å². The van der Waals surface area contributed by atoms with Gasteiger partial charge in [0.05, 0.1) is 5.69 Å². The maximum Gasteiger partial charge on any atom is 0.220 e. The Bertz CT molecular complexity index is 526.